The molecule has 0 aliphatic rings. The molecule has 21 heavy (non-hydrogen) atoms. The van der Waals surface area contributed by atoms with Crippen molar-refractivity contribution in [2.24, 2.45) is 0 Å². The van der Waals surface area contributed by atoms with E-state index in [1.54, 1.807) is 0 Å². The third kappa shape index (κ3) is 3.85. The zero-order valence-corrected chi connectivity index (χ0v) is 13.0. The number of hydrogen-bond acceptors (Lipinski definition) is 1. The lowest BCUT2D eigenvalue weighted by Gasteiger charge is -2.10. The minimum absolute atomic E-state index is 0.863. The summed E-state index contributed by atoms with van der Waals surface area (Å²) >= 11 is 0. The molecule has 2 rings (SSSR count). The lowest BCUT2D eigenvalue weighted by atomic mass is 10.0. The zero-order chi connectivity index (χ0) is 15.1. The monoisotopic (exact) mass is 278 g/mol. The van der Waals surface area contributed by atoms with E-state index in [0.717, 1.165) is 23.5 Å². The molecule has 0 bridgehead atoms. The highest BCUT2D eigenvalue weighted by Gasteiger charge is 2.03. The molecule has 0 atom stereocenters. The quantitative estimate of drug-likeness (QED) is 0.621. The van der Waals surface area contributed by atoms with Crippen molar-refractivity contribution in [1.82, 2.24) is 0 Å². The molecule has 0 aliphatic carbocycles. The van der Waals surface area contributed by atoms with Crippen molar-refractivity contribution in [3.63, 3.8) is 0 Å². The average molecular weight is 278 g/mol. The number of allylic oxidation sites excluding steroid dienone is 3. The van der Waals surface area contributed by atoms with Gasteiger partial charge in [-0.15, -0.1) is 0 Å². The van der Waals surface area contributed by atoms with Gasteiger partial charge in [-0.2, -0.15) is 0 Å². The van der Waals surface area contributed by atoms with Crippen LogP contribution in [0.1, 0.15) is 38.3 Å². The van der Waals surface area contributed by atoms with Gasteiger partial charge in [0.25, 0.3) is 0 Å². The molecule has 0 aromatic heterocycles. The van der Waals surface area contributed by atoms with E-state index < -0.39 is 0 Å². The second-order valence-electron chi connectivity index (χ2n) is 4.83. The summed E-state index contributed by atoms with van der Waals surface area (Å²) in [5.74, 6) is 1.74. The maximum absolute atomic E-state index is 5.99. The Morgan fingerprint density at radius 1 is 1.00 bits per heavy atom. The molecule has 0 amide bonds. The van der Waals surface area contributed by atoms with Crippen LogP contribution in [-0.2, 0) is 0 Å². The Morgan fingerprint density at radius 3 is 2.33 bits per heavy atom. The van der Waals surface area contributed by atoms with Crippen LogP contribution in [0.15, 0.2) is 60.7 Å². The van der Waals surface area contributed by atoms with Gasteiger partial charge in [-0.05, 0) is 49.6 Å². The first kappa shape index (κ1) is 15.1. The molecule has 2 aromatic carbocycles. The number of rotatable bonds is 5. The summed E-state index contributed by atoms with van der Waals surface area (Å²) in [5.41, 5.74) is 3.71. The van der Waals surface area contributed by atoms with Crippen LogP contribution in [0.4, 0.5) is 0 Å². The number of hydrogen-bond donors (Lipinski definition) is 0. The predicted molar refractivity (Wildman–Crippen MR) is 91.6 cm³/mol. The van der Waals surface area contributed by atoms with E-state index in [9.17, 15) is 0 Å². The zero-order valence-electron chi connectivity index (χ0n) is 13.0. The third-order valence-corrected chi connectivity index (χ3v) is 3.45. The molecule has 0 N–H and O–H groups in total. The highest BCUT2D eigenvalue weighted by molar-refractivity contribution is 5.65. The number of benzene rings is 2. The van der Waals surface area contributed by atoms with Crippen molar-refractivity contribution < 1.29 is 4.74 Å². The van der Waals surface area contributed by atoms with E-state index in [-0.39, 0.29) is 0 Å². The van der Waals surface area contributed by atoms with Crippen LogP contribution in [0.3, 0.4) is 0 Å². The first-order chi connectivity index (χ1) is 10.3. The predicted octanol–water partition coefficient (Wildman–Crippen LogP) is 6.33. The van der Waals surface area contributed by atoms with E-state index in [0.29, 0.717) is 0 Å². The Hall–Kier alpha value is -2.28. The molecule has 1 heteroatoms. The standard InChI is InChI=1S/C20H22O/c1-4-9-18-10-7-8-11-20(18)21-19-14-12-17(13-15-19)16(5-2)6-3/h4-5,7-15H,6H2,1-3H3/b9-4+,16-5+. The van der Waals surface area contributed by atoms with Crippen molar-refractivity contribution in [2.75, 3.05) is 0 Å². The Kier molecular flexibility index (Phi) is 5.39. The smallest absolute Gasteiger partial charge is 0.134 e. The summed E-state index contributed by atoms with van der Waals surface area (Å²) in [7, 11) is 0. The maximum atomic E-state index is 5.99. The summed E-state index contributed by atoms with van der Waals surface area (Å²) in [6.45, 7) is 6.26. The molecule has 0 aliphatic heterocycles. The Labute approximate surface area is 127 Å². The minimum atomic E-state index is 0.863. The van der Waals surface area contributed by atoms with Gasteiger partial charge in [0.05, 0.1) is 0 Å². The normalized spacial score (nSPS) is 11.9. The molecule has 0 saturated carbocycles. The van der Waals surface area contributed by atoms with E-state index in [1.165, 1.54) is 11.1 Å². The molecule has 1 nitrogen and oxygen atoms in total. The van der Waals surface area contributed by atoms with E-state index in [4.69, 9.17) is 4.74 Å². The van der Waals surface area contributed by atoms with Crippen LogP contribution < -0.4 is 4.74 Å². The molecule has 0 radical (unpaired) electrons. The summed E-state index contributed by atoms with van der Waals surface area (Å²) in [6.07, 6.45) is 7.28. The highest BCUT2D eigenvalue weighted by atomic mass is 16.5. The van der Waals surface area contributed by atoms with Gasteiger partial charge in [0.1, 0.15) is 11.5 Å². The van der Waals surface area contributed by atoms with Crippen molar-refractivity contribution in [3.8, 4) is 11.5 Å². The molecular formula is C20H22O. The topological polar surface area (TPSA) is 9.23 Å². The van der Waals surface area contributed by atoms with Gasteiger partial charge in [0.2, 0.25) is 0 Å². The van der Waals surface area contributed by atoms with Crippen LogP contribution in [0.2, 0.25) is 0 Å². The Morgan fingerprint density at radius 2 is 1.71 bits per heavy atom. The first-order valence-corrected chi connectivity index (χ1v) is 7.43. The molecule has 0 spiro atoms. The number of ether oxygens (including phenoxy) is 1. The van der Waals surface area contributed by atoms with Gasteiger partial charge in [0.15, 0.2) is 0 Å². The van der Waals surface area contributed by atoms with Crippen LogP contribution in [-0.4, -0.2) is 0 Å². The van der Waals surface area contributed by atoms with Gasteiger partial charge in [-0.3, -0.25) is 0 Å². The lowest BCUT2D eigenvalue weighted by molar-refractivity contribution is 0.481. The van der Waals surface area contributed by atoms with Crippen LogP contribution in [0, 0.1) is 0 Å². The second-order valence-corrected chi connectivity index (χ2v) is 4.83. The van der Waals surface area contributed by atoms with Crippen LogP contribution in [0.25, 0.3) is 11.6 Å². The maximum Gasteiger partial charge on any atom is 0.134 e. The van der Waals surface area contributed by atoms with Gasteiger partial charge < -0.3 is 4.74 Å². The fourth-order valence-electron chi connectivity index (χ4n) is 2.33. The Balaban J connectivity index is 2.21. The van der Waals surface area contributed by atoms with Crippen molar-refractivity contribution in [1.29, 1.82) is 0 Å². The molecule has 0 fully saturated rings. The molecule has 0 heterocycles. The average Bonchev–Trinajstić information content (AvgIpc) is 2.52. The van der Waals surface area contributed by atoms with Gasteiger partial charge >= 0.3 is 0 Å². The van der Waals surface area contributed by atoms with Crippen molar-refractivity contribution in [3.05, 3.63) is 71.8 Å². The van der Waals surface area contributed by atoms with Gasteiger partial charge in [0, 0.05) is 5.56 Å². The van der Waals surface area contributed by atoms with Crippen molar-refractivity contribution >= 4 is 11.6 Å². The molecule has 0 saturated heterocycles. The highest BCUT2D eigenvalue weighted by Crippen LogP contribution is 2.28. The fourth-order valence-corrected chi connectivity index (χ4v) is 2.33. The molecule has 108 valence electrons. The molecule has 2 aromatic rings. The third-order valence-electron chi connectivity index (χ3n) is 3.45. The first-order valence-electron chi connectivity index (χ1n) is 7.43. The number of para-hydroxylation sites is 1. The summed E-state index contributed by atoms with van der Waals surface area (Å²) in [6, 6.07) is 16.3. The molecular weight excluding hydrogens is 256 g/mol. The fraction of sp³-hybridized carbons (Fsp3) is 0.200. The van der Waals surface area contributed by atoms with Gasteiger partial charge in [-0.25, -0.2) is 0 Å². The van der Waals surface area contributed by atoms with Crippen molar-refractivity contribution in [2.45, 2.75) is 27.2 Å². The summed E-state index contributed by atoms with van der Waals surface area (Å²) in [5, 5.41) is 0. The van der Waals surface area contributed by atoms with E-state index in [1.807, 2.05) is 43.3 Å². The van der Waals surface area contributed by atoms with Crippen LogP contribution in [0.5, 0.6) is 11.5 Å². The van der Waals surface area contributed by atoms with E-state index in [2.05, 4.69) is 44.2 Å². The lowest BCUT2D eigenvalue weighted by Crippen LogP contribution is -1.88. The van der Waals surface area contributed by atoms with E-state index >= 15 is 0 Å². The summed E-state index contributed by atoms with van der Waals surface area (Å²) in [4.78, 5) is 0. The SMILES string of the molecule is C/C=C/c1ccccc1Oc1ccc(/C(=C/C)CC)cc1. The second kappa shape index (κ2) is 7.49. The minimum Gasteiger partial charge on any atom is -0.457 e. The Bertz CT molecular complexity index is 633. The van der Waals surface area contributed by atoms with Gasteiger partial charge in [-0.1, -0.05) is 55.5 Å². The largest absolute Gasteiger partial charge is 0.457 e. The van der Waals surface area contributed by atoms with Crippen LogP contribution >= 0.6 is 0 Å². The summed E-state index contributed by atoms with van der Waals surface area (Å²) < 4.78 is 5.99. The molecule has 0 unspecified atom stereocenters.